The first kappa shape index (κ1) is 26.0. The summed E-state index contributed by atoms with van der Waals surface area (Å²) in [5, 5.41) is 24.6. The average molecular weight is 567 g/mol. The number of aromatic nitrogens is 2. The highest BCUT2D eigenvalue weighted by atomic mass is 32.2. The summed E-state index contributed by atoms with van der Waals surface area (Å²) in [6, 6.07) is -0.959. The van der Waals surface area contributed by atoms with E-state index in [9.17, 15) is 24.3 Å². The number of nitrogens with two attached hydrogens (primary N) is 1. The molecule has 4 heterocycles. The van der Waals surface area contributed by atoms with Gasteiger partial charge in [0.15, 0.2) is 21.7 Å². The number of hydrogen-bond donors (Lipinski definition) is 4. The smallest absolute Gasteiger partial charge is 0.352 e. The summed E-state index contributed by atoms with van der Waals surface area (Å²) in [6.45, 7) is 0. The molecule has 0 bridgehead atoms. The van der Waals surface area contributed by atoms with Crippen LogP contribution in [-0.2, 0) is 28.9 Å². The van der Waals surface area contributed by atoms with Gasteiger partial charge in [-0.15, -0.1) is 34.4 Å². The van der Waals surface area contributed by atoms with Gasteiger partial charge in [0, 0.05) is 16.5 Å². The lowest BCUT2D eigenvalue weighted by atomic mass is 10.0. The van der Waals surface area contributed by atoms with Gasteiger partial charge >= 0.3 is 5.97 Å². The van der Waals surface area contributed by atoms with E-state index in [0.29, 0.717) is 5.75 Å². The van der Waals surface area contributed by atoms with Crippen LogP contribution in [0.1, 0.15) is 11.4 Å². The first-order valence-electron chi connectivity index (χ1n) is 10.1. The van der Waals surface area contributed by atoms with Crippen molar-refractivity contribution in [1.29, 1.82) is 0 Å². The van der Waals surface area contributed by atoms with Crippen molar-refractivity contribution in [2.45, 2.75) is 11.4 Å². The van der Waals surface area contributed by atoms with E-state index < -0.39 is 35.1 Å². The zero-order valence-electron chi connectivity index (χ0n) is 19.0. The highest BCUT2D eigenvalue weighted by Crippen LogP contribution is 2.37. The second-order valence-corrected chi connectivity index (χ2v) is 9.98. The Balaban J connectivity index is 1.46. The van der Waals surface area contributed by atoms with Crippen LogP contribution in [0.3, 0.4) is 0 Å². The third-order valence-electron chi connectivity index (χ3n) is 4.88. The number of anilines is 2. The molecule has 0 aromatic carbocycles. The third kappa shape index (κ3) is 5.25. The van der Waals surface area contributed by atoms with Crippen molar-refractivity contribution in [1.82, 2.24) is 20.2 Å². The largest absolute Gasteiger partial charge is 0.477 e. The average Bonchev–Trinajstić information content (AvgIpc) is 3.52. The Morgan fingerprint density at radius 2 is 1.76 bits per heavy atom. The zero-order chi connectivity index (χ0) is 26.7. The van der Waals surface area contributed by atoms with Crippen LogP contribution in [0.4, 0.5) is 10.3 Å². The van der Waals surface area contributed by atoms with Gasteiger partial charge in [-0.25, -0.2) is 14.8 Å². The van der Waals surface area contributed by atoms with Crippen LogP contribution in [0.2, 0.25) is 0 Å². The van der Waals surface area contributed by atoms with Crippen molar-refractivity contribution >= 4 is 79.8 Å². The van der Waals surface area contributed by atoms with Gasteiger partial charge in [0.25, 0.3) is 17.7 Å². The number of nitrogens with zero attached hydrogens (tertiary/aromatic N) is 5. The maximum absolute atomic E-state index is 13.0. The fourth-order valence-corrected chi connectivity index (χ4v) is 5.76. The summed E-state index contributed by atoms with van der Waals surface area (Å²) in [5.74, 6) is -2.86. The number of hydrogen-bond acceptors (Lipinski definition) is 14. The van der Waals surface area contributed by atoms with Gasteiger partial charge in [0.2, 0.25) is 0 Å². The number of carboxylic acid groups (broad SMARTS) is 1. The van der Waals surface area contributed by atoms with Crippen molar-refractivity contribution in [2.75, 3.05) is 31.0 Å². The number of amides is 3. The molecule has 3 amide bonds. The predicted molar refractivity (Wildman–Crippen MR) is 135 cm³/mol. The van der Waals surface area contributed by atoms with E-state index in [0.717, 1.165) is 27.6 Å². The minimum atomic E-state index is -1.22. The second-order valence-electron chi connectivity index (χ2n) is 7.09. The number of thioether (sulfide) groups is 1. The lowest BCUT2D eigenvalue weighted by Gasteiger charge is -2.48. The summed E-state index contributed by atoms with van der Waals surface area (Å²) < 4.78 is 0. The topological polar surface area (TPSA) is 211 Å². The third-order valence-corrected chi connectivity index (χ3v) is 7.49. The first-order valence-corrected chi connectivity index (χ1v) is 13.0. The van der Waals surface area contributed by atoms with Gasteiger partial charge in [-0.1, -0.05) is 10.3 Å². The summed E-state index contributed by atoms with van der Waals surface area (Å²) in [6.07, 6.45) is 1.44. The molecule has 5 N–H and O–H groups in total. The molecule has 0 spiro atoms. The zero-order valence-corrected chi connectivity index (χ0v) is 21.5. The van der Waals surface area contributed by atoms with Crippen LogP contribution in [-0.4, -0.2) is 86.5 Å². The number of thiazole rings is 2. The number of β-lactam (4-membered cyclic amide) rings is 1. The fourth-order valence-electron chi connectivity index (χ4n) is 3.33. The van der Waals surface area contributed by atoms with E-state index in [-0.39, 0.29) is 38.8 Å². The SMILES string of the molecule is CO/N=C(\C(=O)Nc1nc(/C(=N/OC)C(=O)N[C@@H]2C(=O)N3C(C(=O)O)=CCS[C@H]23)cs1)c1csc(N)n1. The molecule has 194 valence electrons. The molecule has 0 aliphatic carbocycles. The van der Waals surface area contributed by atoms with Gasteiger partial charge in [-0.2, -0.15) is 0 Å². The first-order chi connectivity index (χ1) is 17.7. The van der Waals surface area contributed by atoms with Gasteiger partial charge in [-0.3, -0.25) is 24.6 Å². The Morgan fingerprint density at radius 1 is 1.11 bits per heavy atom. The molecule has 0 radical (unpaired) electrons. The molecule has 1 saturated heterocycles. The molecular formula is C19H18N8O7S3. The van der Waals surface area contributed by atoms with Crippen molar-refractivity contribution in [3.63, 3.8) is 0 Å². The lowest BCUT2D eigenvalue weighted by Crippen LogP contribution is -2.70. The van der Waals surface area contributed by atoms with E-state index >= 15 is 0 Å². The number of rotatable bonds is 9. The number of carbonyl (C=O) groups excluding carboxylic acids is 3. The number of nitrogens with one attached hydrogen (secondary N) is 2. The summed E-state index contributed by atoms with van der Waals surface area (Å²) in [4.78, 5) is 68.5. The Bertz CT molecular complexity index is 1350. The van der Waals surface area contributed by atoms with Crippen molar-refractivity contribution in [3.05, 3.63) is 33.9 Å². The van der Waals surface area contributed by atoms with Crippen molar-refractivity contribution < 1.29 is 34.0 Å². The Morgan fingerprint density at radius 3 is 2.38 bits per heavy atom. The number of fused-ring (bicyclic) bond motifs is 1. The van der Waals surface area contributed by atoms with E-state index in [1.807, 2.05) is 0 Å². The van der Waals surface area contributed by atoms with Crippen molar-refractivity contribution in [3.8, 4) is 0 Å². The number of aliphatic carboxylic acids is 1. The van der Waals surface area contributed by atoms with E-state index in [4.69, 9.17) is 15.4 Å². The van der Waals surface area contributed by atoms with Crippen LogP contribution in [0, 0.1) is 0 Å². The molecule has 2 aliphatic heterocycles. The molecule has 0 unspecified atom stereocenters. The summed E-state index contributed by atoms with van der Waals surface area (Å²) in [5.41, 5.74) is 5.39. The maximum Gasteiger partial charge on any atom is 0.352 e. The van der Waals surface area contributed by atoms with E-state index in [2.05, 4.69) is 30.9 Å². The minimum Gasteiger partial charge on any atom is -0.477 e. The molecular weight excluding hydrogens is 548 g/mol. The van der Waals surface area contributed by atoms with Crippen LogP contribution in [0.15, 0.2) is 32.8 Å². The minimum absolute atomic E-state index is 0.0637. The predicted octanol–water partition coefficient (Wildman–Crippen LogP) is -0.110. The Kier molecular flexibility index (Phi) is 7.69. The van der Waals surface area contributed by atoms with Gasteiger partial charge in [-0.05, 0) is 6.08 Å². The van der Waals surface area contributed by atoms with Crippen LogP contribution in [0.25, 0.3) is 0 Å². The quantitative estimate of drug-likeness (QED) is 0.179. The number of carboxylic acids is 1. The van der Waals surface area contributed by atoms with E-state index in [1.54, 1.807) is 0 Å². The van der Waals surface area contributed by atoms with Gasteiger partial charge < -0.3 is 25.8 Å². The molecule has 4 rings (SSSR count). The highest BCUT2D eigenvalue weighted by Gasteiger charge is 2.53. The van der Waals surface area contributed by atoms with Gasteiger partial charge in [0.1, 0.15) is 42.7 Å². The van der Waals surface area contributed by atoms with Crippen LogP contribution >= 0.6 is 34.4 Å². The fraction of sp³-hybridized carbons (Fsp3) is 0.263. The molecule has 37 heavy (non-hydrogen) atoms. The second kappa shape index (κ2) is 10.9. The lowest BCUT2D eigenvalue weighted by molar-refractivity contribution is -0.150. The molecule has 2 atom stereocenters. The van der Waals surface area contributed by atoms with Crippen molar-refractivity contribution in [2.24, 2.45) is 10.3 Å². The summed E-state index contributed by atoms with van der Waals surface area (Å²) >= 11 is 3.43. The standard InChI is InChI=1S/C19H18N8O7S3/c1-33-25-10(7-5-36-18(20)21-7)14(29)24-19-22-8(6-37-19)11(26-34-2)13(28)23-12-15(30)27-9(17(31)32)3-4-35-16(12)27/h3,5-6,12,16H,4H2,1-2H3,(H2,20,21)(H,23,28)(H,31,32)(H,22,24,29)/b25-10-,26-11-/t12-,16-/m1/s1. The Hall–Kier alpha value is -4.03. The Labute approximate surface area is 220 Å². The molecule has 2 aliphatic rings. The molecule has 15 nitrogen and oxygen atoms in total. The molecule has 18 heteroatoms. The number of nitrogen functional groups attached to an aromatic ring is 1. The molecule has 0 saturated carbocycles. The summed E-state index contributed by atoms with van der Waals surface area (Å²) in [7, 11) is 2.50. The molecule has 2 aromatic rings. The van der Waals surface area contributed by atoms with E-state index in [1.165, 1.54) is 42.8 Å². The van der Waals surface area contributed by atoms with Crippen LogP contribution < -0.4 is 16.4 Å². The highest BCUT2D eigenvalue weighted by molar-refractivity contribution is 8.00. The molecule has 1 fully saturated rings. The monoisotopic (exact) mass is 566 g/mol. The number of oxime groups is 2. The molecule has 2 aromatic heterocycles. The van der Waals surface area contributed by atoms with Gasteiger partial charge in [0.05, 0.1) is 0 Å². The number of carbonyl (C=O) groups is 4. The van der Waals surface area contributed by atoms with Crippen LogP contribution in [0.5, 0.6) is 0 Å². The normalized spacial score (nSPS) is 19.4. The maximum atomic E-state index is 13.0.